The van der Waals surface area contributed by atoms with E-state index in [-0.39, 0.29) is 5.91 Å². The minimum absolute atomic E-state index is 0.143. The molecule has 3 aliphatic rings. The minimum atomic E-state index is 0.143. The van der Waals surface area contributed by atoms with E-state index < -0.39 is 0 Å². The van der Waals surface area contributed by atoms with E-state index in [0.717, 1.165) is 64.2 Å². The Balaban J connectivity index is 1.61. The van der Waals surface area contributed by atoms with E-state index in [4.69, 9.17) is 9.84 Å². The molecule has 1 aromatic heterocycles. The van der Waals surface area contributed by atoms with Crippen LogP contribution < -0.4 is 4.90 Å². The minimum Gasteiger partial charge on any atom is -0.381 e. The summed E-state index contributed by atoms with van der Waals surface area (Å²) in [5.41, 5.74) is 6.42. The highest BCUT2D eigenvalue weighted by Gasteiger charge is 2.33. The van der Waals surface area contributed by atoms with Crippen molar-refractivity contribution in [2.45, 2.75) is 58.5 Å². The van der Waals surface area contributed by atoms with Gasteiger partial charge >= 0.3 is 0 Å². The van der Waals surface area contributed by atoms with E-state index in [2.05, 4.69) is 44.6 Å². The number of ether oxygens (including phenoxy) is 1. The second-order valence-corrected chi connectivity index (χ2v) is 9.57. The summed E-state index contributed by atoms with van der Waals surface area (Å²) in [5, 5.41) is 5.22. The van der Waals surface area contributed by atoms with Crippen molar-refractivity contribution in [3.8, 4) is 0 Å². The van der Waals surface area contributed by atoms with Crippen LogP contribution in [0.3, 0.4) is 0 Å². The lowest BCUT2D eigenvalue weighted by molar-refractivity contribution is -0.129. The Morgan fingerprint density at radius 1 is 1.20 bits per heavy atom. The number of carbonyl (C=O) groups is 1. The molecule has 6 nitrogen and oxygen atoms in total. The van der Waals surface area contributed by atoms with E-state index in [1.165, 1.54) is 32.5 Å². The highest BCUT2D eigenvalue weighted by Crippen LogP contribution is 2.40. The summed E-state index contributed by atoms with van der Waals surface area (Å²) in [7, 11) is 0. The van der Waals surface area contributed by atoms with Gasteiger partial charge in [0.15, 0.2) is 5.82 Å². The molecular formula is C23H29BrN4O2. The molecule has 7 heteroatoms. The lowest BCUT2D eigenvalue weighted by Gasteiger charge is -2.33. The molecule has 0 N–H and O–H groups in total. The van der Waals surface area contributed by atoms with Gasteiger partial charge in [0.25, 0.3) is 0 Å². The number of carbonyl (C=O) groups excluding carboxylic acids is 1. The molecule has 0 spiro atoms. The second-order valence-electron chi connectivity index (χ2n) is 8.71. The fraction of sp³-hybridized carbons (Fsp3) is 0.565. The van der Waals surface area contributed by atoms with Crippen LogP contribution in [0.5, 0.6) is 0 Å². The number of halogens is 1. The average Bonchev–Trinajstić information content (AvgIpc) is 3.13. The normalized spacial score (nSPS) is 19.6. The molecule has 1 saturated heterocycles. The van der Waals surface area contributed by atoms with Crippen LogP contribution in [0, 0.1) is 6.92 Å². The molecule has 3 aliphatic heterocycles. The number of hydrogen-bond donors (Lipinski definition) is 0. The predicted molar refractivity (Wildman–Crippen MR) is 120 cm³/mol. The van der Waals surface area contributed by atoms with Crippen LogP contribution in [0.1, 0.15) is 54.6 Å². The fourth-order valence-electron chi connectivity index (χ4n) is 5.07. The summed E-state index contributed by atoms with van der Waals surface area (Å²) in [5.74, 6) is 1.19. The first-order valence-corrected chi connectivity index (χ1v) is 11.8. The molecule has 1 aromatic carbocycles. The van der Waals surface area contributed by atoms with Crippen LogP contribution in [0.2, 0.25) is 0 Å². The first-order chi connectivity index (χ1) is 14.5. The lowest BCUT2D eigenvalue weighted by Crippen LogP contribution is -2.36. The maximum absolute atomic E-state index is 12.1. The molecular weight excluding hydrogens is 444 g/mol. The van der Waals surface area contributed by atoms with Crippen molar-refractivity contribution >= 4 is 33.3 Å². The van der Waals surface area contributed by atoms with Crippen molar-refractivity contribution in [3.05, 3.63) is 39.0 Å². The number of anilines is 2. The quantitative estimate of drug-likeness (QED) is 0.653. The second kappa shape index (κ2) is 8.00. The standard InChI is InChI=1S/C23H29BrN4O2/c1-15-12-22-17(13-20(15)24)4-3-8-27(22)23-19-14-26(16(2)29)9-5-21(19)28(25-23)18-6-10-30-11-7-18/h12-13,18H,3-11,14H2,1-2H3. The third kappa shape index (κ3) is 3.46. The molecule has 0 bridgehead atoms. The van der Waals surface area contributed by atoms with Crippen molar-refractivity contribution < 1.29 is 9.53 Å². The van der Waals surface area contributed by atoms with E-state index in [1.54, 1.807) is 6.92 Å². The summed E-state index contributed by atoms with van der Waals surface area (Å²) in [6.07, 6.45) is 5.09. The van der Waals surface area contributed by atoms with Gasteiger partial charge in [-0.25, -0.2) is 0 Å². The zero-order chi connectivity index (χ0) is 20.8. The van der Waals surface area contributed by atoms with Gasteiger partial charge in [-0.05, 0) is 55.9 Å². The molecule has 2 aromatic rings. The fourth-order valence-corrected chi connectivity index (χ4v) is 5.46. The summed E-state index contributed by atoms with van der Waals surface area (Å²) in [6.45, 7) is 7.81. The Bertz CT molecular complexity index is 980. The van der Waals surface area contributed by atoms with E-state index in [0.29, 0.717) is 12.6 Å². The Labute approximate surface area is 186 Å². The molecule has 0 saturated carbocycles. The van der Waals surface area contributed by atoms with Crippen molar-refractivity contribution in [1.82, 2.24) is 14.7 Å². The molecule has 0 aliphatic carbocycles. The van der Waals surface area contributed by atoms with E-state index >= 15 is 0 Å². The summed E-state index contributed by atoms with van der Waals surface area (Å²) in [4.78, 5) is 16.5. The van der Waals surface area contributed by atoms with Gasteiger partial charge in [-0.15, -0.1) is 0 Å². The van der Waals surface area contributed by atoms with Crippen molar-refractivity contribution in [3.63, 3.8) is 0 Å². The number of hydrogen-bond acceptors (Lipinski definition) is 4. The molecule has 5 rings (SSSR count). The van der Waals surface area contributed by atoms with Crippen LogP contribution in [0.25, 0.3) is 0 Å². The monoisotopic (exact) mass is 472 g/mol. The average molecular weight is 473 g/mol. The first kappa shape index (κ1) is 20.1. The Morgan fingerprint density at radius 3 is 2.77 bits per heavy atom. The summed E-state index contributed by atoms with van der Waals surface area (Å²) >= 11 is 3.70. The lowest BCUT2D eigenvalue weighted by atomic mass is 9.98. The van der Waals surface area contributed by atoms with Crippen LogP contribution in [-0.2, 0) is 28.9 Å². The number of rotatable bonds is 2. The molecule has 1 fully saturated rings. The SMILES string of the molecule is CC(=O)N1CCc2c(c(N3CCCc4cc(Br)c(C)cc43)nn2C2CCOCC2)C1. The third-order valence-corrected chi connectivity index (χ3v) is 7.64. The number of nitrogens with zero attached hydrogens (tertiary/aromatic N) is 4. The zero-order valence-electron chi connectivity index (χ0n) is 17.8. The molecule has 0 atom stereocenters. The van der Waals surface area contributed by atoms with Crippen molar-refractivity contribution in [1.29, 1.82) is 0 Å². The molecule has 4 heterocycles. The number of benzene rings is 1. The van der Waals surface area contributed by atoms with Crippen LogP contribution in [0.15, 0.2) is 16.6 Å². The first-order valence-electron chi connectivity index (χ1n) is 11.0. The van der Waals surface area contributed by atoms with Crippen LogP contribution >= 0.6 is 15.9 Å². The molecule has 0 unspecified atom stereocenters. The summed E-state index contributed by atoms with van der Waals surface area (Å²) in [6, 6.07) is 4.94. The van der Waals surface area contributed by atoms with Crippen LogP contribution in [0.4, 0.5) is 11.5 Å². The largest absolute Gasteiger partial charge is 0.381 e. The zero-order valence-corrected chi connectivity index (χ0v) is 19.4. The number of aryl methyl sites for hydroxylation is 2. The van der Waals surface area contributed by atoms with Gasteiger partial charge in [-0.2, -0.15) is 5.10 Å². The van der Waals surface area contributed by atoms with E-state index in [1.807, 2.05) is 4.90 Å². The maximum Gasteiger partial charge on any atom is 0.219 e. The van der Waals surface area contributed by atoms with Crippen molar-refractivity contribution in [2.24, 2.45) is 0 Å². The number of fused-ring (bicyclic) bond motifs is 2. The molecule has 160 valence electrons. The predicted octanol–water partition coefficient (Wildman–Crippen LogP) is 4.29. The van der Waals surface area contributed by atoms with Gasteiger partial charge in [0.05, 0.1) is 12.6 Å². The highest BCUT2D eigenvalue weighted by molar-refractivity contribution is 9.10. The van der Waals surface area contributed by atoms with Gasteiger partial charge in [-0.1, -0.05) is 15.9 Å². The van der Waals surface area contributed by atoms with Gasteiger partial charge in [0.1, 0.15) is 0 Å². The van der Waals surface area contributed by atoms with Crippen LogP contribution in [-0.4, -0.2) is 46.9 Å². The summed E-state index contributed by atoms with van der Waals surface area (Å²) < 4.78 is 9.05. The highest BCUT2D eigenvalue weighted by atomic mass is 79.9. The van der Waals surface area contributed by atoms with Gasteiger partial charge < -0.3 is 14.5 Å². The molecule has 30 heavy (non-hydrogen) atoms. The van der Waals surface area contributed by atoms with Gasteiger partial charge in [0.2, 0.25) is 5.91 Å². The number of aromatic nitrogens is 2. The Hall–Kier alpha value is -1.86. The smallest absolute Gasteiger partial charge is 0.219 e. The van der Waals surface area contributed by atoms with Gasteiger partial charge in [-0.3, -0.25) is 9.48 Å². The molecule has 0 radical (unpaired) electrons. The molecule has 1 amide bonds. The van der Waals surface area contributed by atoms with Crippen molar-refractivity contribution in [2.75, 3.05) is 31.2 Å². The number of amides is 1. The van der Waals surface area contributed by atoms with Gasteiger partial charge in [0, 0.05) is 61.1 Å². The Morgan fingerprint density at radius 2 is 2.00 bits per heavy atom. The van der Waals surface area contributed by atoms with E-state index in [9.17, 15) is 4.79 Å². The maximum atomic E-state index is 12.1. The third-order valence-electron chi connectivity index (χ3n) is 6.78. The Kier molecular flexibility index (Phi) is 5.35. The topological polar surface area (TPSA) is 50.6 Å².